The van der Waals surface area contributed by atoms with Crippen LogP contribution in [-0.4, -0.2) is 0 Å². The van der Waals surface area contributed by atoms with Crippen molar-refractivity contribution in [1.29, 1.82) is 0 Å². The summed E-state index contributed by atoms with van der Waals surface area (Å²) in [5.41, 5.74) is 0. The molecule has 0 bridgehead atoms. The standard InChI is InChI=1S/2C6H5FOS.2C5H5.Zr/c2*7-9-6-4-2-1-3-5(6)8;2*1-2-4-5-3-1;/h2*1-4,8H;2*1-3H,4H2;/q;;;;+2/p-2. The molecule has 0 aliphatic heterocycles. The molecule has 0 fully saturated rings. The Kier molecular flexibility index (Phi) is 6.78. The molecule has 2 aliphatic rings. The molecule has 29 heavy (non-hydrogen) atoms. The average molecular weight is 508 g/mol. The van der Waals surface area contributed by atoms with E-state index in [4.69, 9.17) is 5.63 Å². The topological polar surface area (TPSA) is 18.5 Å². The van der Waals surface area contributed by atoms with Crippen LogP contribution in [0.3, 0.4) is 0 Å². The van der Waals surface area contributed by atoms with Gasteiger partial charge in [0.2, 0.25) is 0 Å². The summed E-state index contributed by atoms with van der Waals surface area (Å²) >= 11 is -3.96. The maximum absolute atomic E-state index is 13.6. The van der Waals surface area contributed by atoms with Crippen molar-refractivity contribution in [3.8, 4) is 11.5 Å². The number of rotatable bonds is 8. The van der Waals surface area contributed by atoms with Gasteiger partial charge in [0, 0.05) is 0 Å². The second-order valence-corrected chi connectivity index (χ2v) is 14.9. The molecule has 0 amide bonds. The van der Waals surface area contributed by atoms with Gasteiger partial charge >= 0.3 is 185 Å². The first-order chi connectivity index (χ1) is 14.3. The molecule has 0 spiro atoms. The van der Waals surface area contributed by atoms with Crippen molar-refractivity contribution in [1.82, 2.24) is 0 Å². The normalized spacial score (nSPS) is 15.4. The number of hydrogen-bond donors (Lipinski definition) is 0. The molecule has 0 atom stereocenters. The number of halogens is 2. The minimum absolute atomic E-state index is 0.154. The Morgan fingerprint density at radius 2 is 1.14 bits per heavy atom. The molecule has 0 heterocycles. The van der Waals surface area contributed by atoms with Gasteiger partial charge in [0.15, 0.2) is 0 Å². The van der Waals surface area contributed by atoms with Crippen molar-refractivity contribution in [2.75, 3.05) is 0 Å². The maximum atomic E-state index is 13.6. The fourth-order valence-corrected chi connectivity index (χ4v) is 12.6. The molecular weight excluding hydrogens is 490 g/mol. The van der Waals surface area contributed by atoms with Gasteiger partial charge in [-0.25, -0.2) is 0 Å². The monoisotopic (exact) mass is 506 g/mol. The number of para-hydroxylation sites is 2. The molecule has 2 nitrogen and oxygen atoms in total. The van der Waals surface area contributed by atoms with E-state index in [9.17, 15) is 7.77 Å². The third-order valence-electron chi connectivity index (χ3n) is 4.76. The van der Waals surface area contributed by atoms with Gasteiger partial charge in [0.1, 0.15) is 0 Å². The van der Waals surface area contributed by atoms with Gasteiger partial charge < -0.3 is 0 Å². The van der Waals surface area contributed by atoms with Gasteiger partial charge in [0.05, 0.1) is 0 Å². The van der Waals surface area contributed by atoms with E-state index in [1.165, 1.54) is 0 Å². The predicted molar refractivity (Wildman–Crippen MR) is 112 cm³/mol. The van der Waals surface area contributed by atoms with Crippen molar-refractivity contribution < 1.29 is 34.5 Å². The van der Waals surface area contributed by atoms with Crippen LogP contribution in [0.25, 0.3) is 0 Å². The number of hydrogen-bond acceptors (Lipinski definition) is 4. The number of allylic oxidation sites excluding steroid dienone is 8. The van der Waals surface area contributed by atoms with Gasteiger partial charge in [-0.15, -0.1) is 0 Å². The molecule has 7 heteroatoms. The van der Waals surface area contributed by atoms with E-state index in [2.05, 4.69) is 12.2 Å². The summed E-state index contributed by atoms with van der Waals surface area (Å²) in [6, 6.07) is 14.1. The molecule has 0 N–H and O–H groups in total. The van der Waals surface area contributed by atoms with E-state index in [0.29, 0.717) is 34.1 Å². The van der Waals surface area contributed by atoms with Gasteiger partial charge in [0.25, 0.3) is 0 Å². The van der Waals surface area contributed by atoms with Crippen molar-refractivity contribution >= 4 is 24.3 Å². The Morgan fingerprint density at radius 3 is 1.52 bits per heavy atom. The Morgan fingerprint density at radius 1 is 0.690 bits per heavy atom. The van der Waals surface area contributed by atoms with Crippen LogP contribution in [0.4, 0.5) is 7.77 Å². The summed E-state index contributed by atoms with van der Waals surface area (Å²) in [6.07, 6.45) is 13.6. The van der Waals surface area contributed by atoms with Gasteiger partial charge in [-0.1, -0.05) is 0 Å². The molecule has 0 aromatic heterocycles. The summed E-state index contributed by atoms with van der Waals surface area (Å²) in [7, 11) is 0. The van der Waals surface area contributed by atoms with Crippen LogP contribution in [0.15, 0.2) is 101 Å². The summed E-state index contributed by atoms with van der Waals surface area (Å²) < 4.78 is 42.6. The van der Waals surface area contributed by atoms with E-state index in [1.54, 1.807) is 36.4 Å². The third-order valence-corrected chi connectivity index (χ3v) is 14.2. The molecule has 4 rings (SSSR count). The van der Waals surface area contributed by atoms with Crippen molar-refractivity contribution in [2.24, 2.45) is 0 Å². The van der Waals surface area contributed by atoms with Gasteiger partial charge in [-0.05, 0) is 0 Å². The van der Waals surface area contributed by atoms with E-state index >= 15 is 0 Å². The van der Waals surface area contributed by atoms with E-state index in [0.717, 1.165) is 6.56 Å². The minimum atomic E-state index is -4.27. The summed E-state index contributed by atoms with van der Waals surface area (Å²) in [6.45, 7) is 0. The van der Waals surface area contributed by atoms with Crippen molar-refractivity contribution in [3.05, 3.63) is 91.5 Å². The summed E-state index contributed by atoms with van der Waals surface area (Å²) in [5, 5.41) is 0. The molecule has 0 saturated heterocycles. The summed E-state index contributed by atoms with van der Waals surface area (Å²) in [4.78, 5) is 0.812. The van der Waals surface area contributed by atoms with Crippen LogP contribution >= 0.6 is 24.3 Å². The van der Waals surface area contributed by atoms with Crippen LogP contribution in [0.5, 0.6) is 11.5 Å². The van der Waals surface area contributed by atoms with E-state index < -0.39 is 21.1 Å². The third kappa shape index (κ3) is 4.32. The first-order valence-corrected chi connectivity index (χ1v) is 15.0. The SMILES string of the molecule is FSc1ccccc1[O][Zr]([O]c1ccccc1SF)([C]1=CC=CC1)[C]1=CC=CC1. The van der Waals surface area contributed by atoms with Crippen molar-refractivity contribution in [2.45, 2.75) is 22.6 Å². The van der Waals surface area contributed by atoms with Gasteiger partial charge in [-0.2, -0.15) is 0 Å². The zero-order valence-corrected chi connectivity index (χ0v) is 19.5. The fourth-order valence-electron chi connectivity index (χ4n) is 3.38. The molecule has 2 aliphatic carbocycles. The molecule has 0 saturated carbocycles. The second kappa shape index (κ2) is 9.50. The summed E-state index contributed by atoms with van der Waals surface area (Å²) in [5.74, 6) is 0.920. The molecule has 148 valence electrons. The van der Waals surface area contributed by atoms with Crippen LogP contribution in [-0.2, 0) is 21.1 Å². The Labute approximate surface area is 183 Å². The van der Waals surface area contributed by atoms with Crippen LogP contribution in [0, 0.1) is 0 Å². The van der Waals surface area contributed by atoms with Crippen LogP contribution < -0.4 is 5.63 Å². The Bertz CT molecular complexity index is 936. The Balaban J connectivity index is 1.84. The molecule has 0 unspecified atom stereocenters. The number of benzene rings is 2. The van der Waals surface area contributed by atoms with Crippen LogP contribution in [0.1, 0.15) is 12.8 Å². The predicted octanol–water partition coefficient (Wildman–Crippen LogP) is 7.77. The zero-order valence-electron chi connectivity index (χ0n) is 15.4. The molecular formula is C22H18F2O2S2Zr. The zero-order chi connectivity index (χ0) is 20.1. The van der Waals surface area contributed by atoms with Crippen LogP contribution in [0.2, 0.25) is 0 Å². The first-order valence-electron chi connectivity index (χ1n) is 9.12. The van der Waals surface area contributed by atoms with Crippen molar-refractivity contribution in [3.63, 3.8) is 0 Å². The average Bonchev–Trinajstić information content (AvgIpc) is 3.48. The van der Waals surface area contributed by atoms with E-state index in [1.807, 2.05) is 36.4 Å². The second-order valence-electron chi connectivity index (χ2n) is 6.52. The molecule has 2 aromatic rings. The molecule has 2 aromatic carbocycles. The quantitative estimate of drug-likeness (QED) is 0.363. The first kappa shape index (κ1) is 20.7. The fraction of sp³-hybridized carbons (Fsp3) is 0.0909. The van der Waals surface area contributed by atoms with E-state index in [-0.39, 0.29) is 24.3 Å². The Hall–Kier alpha value is -1.56. The molecule has 0 radical (unpaired) electrons. The van der Waals surface area contributed by atoms with Gasteiger partial charge in [-0.3, -0.25) is 0 Å².